The van der Waals surface area contributed by atoms with E-state index in [0.717, 1.165) is 0 Å². The third-order valence-electron chi connectivity index (χ3n) is 1.44. The van der Waals surface area contributed by atoms with Gasteiger partial charge in [-0.2, -0.15) is 0 Å². The third kappa shape index (κ3) is 1.88. The summed E-state index contributed by atoms with van der Waals surface area (Å²) in [7, 11) is 0. The van der Waals surface area contributed by atoms with E-state index < -0.39 is 12.8 Å². The van der Waals surface area contributed by atoms with E-state index in [-0.39, 0.29) is 12.4 Å². The molecule has 5 heteroatoms. The van der Waals surface area contributed by atoms with Gasteiger partial charge in [-0.15, -0.1) is 0 Å². The van der Waals surface area contributed by atoms with Crippen molar-refractivity contribution in [3.63, 3.8) is 0 Å². The Labute approximate surface area is 68.7 Å². The van der Waals surface area contributed by atoms with Crippen molar-refractivity contribution < 1.29 is 14.3 Å². The predicted molar refractivity (Wildman–Crippen MR) is 39.6 cm³/mol. The number of carbonyl (C=O) groups is 1. The SMILES string of the molecule is O=Cc1nccn1CC(O)CF. The van der Waals surface area contributed by atoms with Gasteiger partial charge in [0.2, 0.25) is 0 Å². The molecule has 1 N–H and O–H groups in total. The predicted octanol–water partition coefficient (Wildman–Crippen LogP) is 0.0260. The number of rotatable bonds is 4. The van der Waals surface area contributed by atoms with E-state index in [1.165, 1.54) is 17.0 Å². The van der Waals surface area contributed by atoms with Crippen molar-refractivity contribution in [1.82, 2.24) is 9.55 Å². The van der Waals surface area contributed by atoms with Crippen LogP contribution in [0.15, 0.2) is 12.4 Å². The van der Waals surface area contributed by atoms with Crippen molar-refractivity contribution in [3.05, 3.63) is 18.2 Å². The number of aldehydes is 1. The molecule has 0 spiro atoms. The lowest BCUT2D eigenvalue weighted by atomic mass is 10.4. The van der Waals surface area contributed by atoms with Gasteiger partial charge in [0, 0.05) is 12.4 Å². The van der Waals surface area contributed by atoms with Crippen LogP contribution in [0.2, 0.25) is 0 Å². The number of hydrogen-bond acceptors (Lipinski definition) is 3. The normalized spacial score (nSPS) is 12.8. The number of carbonyl (C=O) groups excluding carboxylic acids is 1. The molecule has 1 aromatic rings. The Morgan fingerprint density at radius 3 is 3.17 bits per heavy atom. The highest BCUT2D eigenvalue weighted by Crippen LogP contribution is 1.97. The highest BCUT2D eigenvalue weighted by atomic mass is 19.1. The molecule has 0 aliphatic carbocycles. The Kier molecular flexibility index (Phi) is 2.93. The molecular formula is C7H9FN2O2. The van der Waals surface area contributed by atoms with Crippen molar-refractivity contribution in [2.75, 3.05) is 6.67 Å². The molecule has 0 saturated heterocycles. The average molecular weight is 172 g/mol. The second-order valence-electron chi connectivity index (χ2n) is 2.36. The lowest BCUT2D eigenvalue weighted by Gasteiger charge is -2.07. The van der Waals surface area contributed by atoms with Crippen LogP contribution < -0.4 is 0 Å². The van der Waals surface area contributed by atoms with E-state index in [9.17, 15) is 9.18 Å². The molecular weight excluding hydrogens is 163 g/mol. The molecule has 66 valence electrons. The largest absolute Gasteiger partial charge is 0.389 e. The molecule has 0 bridgehead atoms. The topological polar surface area (TPSA) is 55.1 Å². The summed E-state index contributed by atoms with van der Waals surface area (Å²) in [5.74, 6) is 0.197. The lowest BCUT2D eigenvalue weighted by molar-refractivity contribution is 0.108. The third-order valence-corrected chi connectivity index (χ3v) is 1.44. The Balaban J connectivity index is 2.67. The number of alkyl halides is 1. The summed E-state index contributed by atoms with van der Waals surface area (Å²) in [5.41, 5.74) is 0. The fourth-order valence-corrected chi connectivity index (χ4v) is 0.869. The summed E-state index contributed by atoms with van der Waals surface area (Å²) >= 11 is 0. The van der Waals surface area contributed by atoms with Gasteiger partial charge in [-0.3, -0.25) is 4.79 Å². The van der Waals surface area contributed by atoms with E-state index >= 15 is 0 Å². The first kappa shape index (κ1) is 8.86. The number of imidazole rings is 1. The minimum atomic E-state index is -1.07. The zero-order valence-electron chi connectivity index (χ0n) is 6.35. The van der Waals surface area contributed by atoms with E-state index in [2.05, 4.69) is 4.98 Å². The maximum absolute atomic E-state index is 11.8. The van der Waals surface area contributed by atoms with Crippen molar-refractivity contribution in [2.45, 2.75) is 12.6 Å². The zero-order chi connectivity index (χ0) is 8.97. The van der Waals surface area contributed by atoms with E-state index in [1.807, 2.05) is 0 Å². The molecule has 0 amide bonds. The standard InChI is InChI=1S/C7H9FN2O2/c8-3-6(12)4-10-2-1-9-7(10)5-11/h1-2,5-6,12H,3-4H2. The average Bonchev–Trinajstić information content (AvgIpc) is 2.51. The van der Waals surface area contributed by atoms with Gasteiger partial charge in [0.25, 0.3) is 0 Å². The van der Waals surface area contributed by atoms with Crippen LogP contribution >= 0.6 is 0 Å². The number of hydrogen-bond donors (Lipinski definition) is 1. The highest BCUT2D eigenvalue weighted by molar-refractivity contribution is 5.69. The van der Waals surface area contributed by atoms with Crippen LogP contribution in [0.25, 0.3) is 0 Å². The first-order chi connectivity index (χ1) is 5.77. The molecule has 0 fully saturated rings. The van der Waals surface area contributed by atoms with E-state index in [0.29, 0.717) is 6.29 Å². The Morgan fingerprint density at radius 1 is 1.83 bits per heavy atom. The Bertz CT molecular complexity index is 262. The number of aromatic nitrogens is 2. The molecule has 12 heavy (non-hydrogen) atoms. The minimum absolute atomic E-state index is 0.0601. The second kappa shape index (κ2) is 3.96. The van der Waals surface area contributed by atoms with Crippen LogP contribution in [-0.2, 0) is 6.54 Å². The number of aliphatic hydroxyl groups is 1. The molecule has 1 aromatic heterocycles. The maximum atomic E-state index is 11.8. The lowest BCUT2D eigenvalue weighted by Crippen LogP contribution is -2.18. The maximum Gasteiger partial charge on any atom is 0.185 e. The van der Waals surface area contributed by atoms with Crippen LogP contribution in [0, 0.1) is 0 Å². The monoisotopic (exact) mass is 172 g/mol. The van der Waals surface area contributed by atoms with Crippen LogP contribution in [0.5, 0.6) is 0 Å². The van der Waals surface area contributed by atoms with Gasteiger partial charge in [-0.1, -0.05) is 0 Å². The van der Waals surface area contributed by atoms with Crippen LogP contribution in [0.4, 0.5) is 4.39 Å². The van der Waals surface area contributed by atoms with Gasteiger partial charge in [0.15, 0.2) is 12.1 Å². The molecule has 1 rings (SSSR count). The molecule has 0 radical (unpaired) electrons. The molecule has 4 nitrogen and oxygen atoms in total. The summed E-state index contributed by atoms with van der Waals surface area (Å²) in [5, 5.41) is 8.91. The number of aliphatic hydroxyl groups excluding tert-OH is 1. The van der Waals surface area contributed by atoms with Crippen molar-refractivity contribution in [1.29, 1.82) is 0 Å². The van der Waals surface area contributed by atoms with E-state index in [4.69, 9.17) is 5.11 Å². The Hall–Kier alpha value is -1.23. The molecule has 1 atom stereocenters. The number of nitrogens with zero attached hydrogens (tertiary/aromatic N) is 2. The van der Waals surface area contributed by atoms with Gasteiger partial charge in [-0.05, 0) is 0 Å². The van der Waals surface area contributed by atoms with Gasteiger partial charge in [-0.25, -0.2) is 9.37 Å². The second-order valence-corrected chi connectivity index (χ2v) is 2.36. The van der Waals surface area contributed by atoms with Gasteiger partial charge in [0.1, 0.15) is 12.8 Å². The van der Waals surface area contributed by atoms with Crippen molar-refractivity contribution in [2.24, 2.45) is 0 Å². The molecule has 0 aromatic carbocycles. The van der Waals surface area contributed by atoms with Crippen molar-refractivity contribution >= 4 is 6.29 Å². The molecule has 1 heterocycles. The van der Waals surface area contributed by atoms with Crippen molar-refractivity contribution in [3.8, 4) is 0 Å². The van der Waals surface area contributed by atoms with Gasteiger partial charge >= 0.3 is 0 Å². The van der Waals surface area contributed by atoms with Crippen LogP contribution in [-0.4, -0.2) is 33.7 Å². The molecule has 0 aliphatic heterocycles. The van der Waals surface area contributed by atoms with Gasteiger partial charge < -0.3 is 9.67 Å². The quantitative estimate of drug-likeness (QED) is 0.652. The molecule has 0 aliphatic rings. The smallest absolute Gasteiger partial charge is 0.185 e. The fraction of sp³-hybridized carbons (Fsp3) is 0.429. The van der Waals surface area contributed by atoms with E-state index in [1.54, 1.807) is 0 Å². The first-order valence-corrected chi connectivity index (χ1v) is 3.48. The summed E-state index contributed by atoms with van der Waals surface area (Å²) < 4.78 is 13.2. The first-order valence-electron chi connectivity index (χ1n) is 3.48. The molecule has 1 unspecified atom stereocenters. The van der Waals surface area contributed by atoms with Crippen LogP contribution in [0.3, 0.4) is 0 Å². The summed E-state index contributed by atoms with van der Waals surface area (Å²) in [4.78, 5) is 14.0. The molecule has 0 saturated carbocycles. The minimum Gasteiger partial charge on any atom is -0.389 e. The number of halogens is 1. The summed E-state index contributed by atoms with van der Waals surface area (Å²) in [6, 6.07) is 0. The highest BCUT2D eigenvalue weighted by Gasteiger charge is 2.07. The summed E-state index contributed by atoms with van der Waals surface area (Å²) in [6.07, 6.45) is 2.43. The Morgan fingerprint density at radius 2 is 2.58 bits per heavy atom. The fourth-order valence-electron chi connectivity index (χ4n) is 0.869. The zero-order valence-corrected chi connectivity index (χ0v) is 6.35. The summed E-state index contributed by atoms with van der Waals surface area (Å²) in [6.45, 7) is -0.763. The van der Waals surface area contributed by atoms with Gasteiger partial charge in [0.05, 0.1) is 6.54 Å². The van der Waals surface area contributed by atoms with Crippen LogP contribution in [0.1, 0.15) is 10.6 Å².